The normalized spacial score (nSPS) is 13.9. The first-order chi connectivity index (χ1) is 18.3. The zero-order valence-corrected chi connectivity index (χ0v) is 23.2. The van der Waals surface area contributed by atoms with Crippen LogP contribution in [0, 0.1) is 6.92 Å². The summed E-state index contributed by atoms with van der Waals surface area (Å²) < 4.78 is 17.5. The Hall–Kier alpha value is -4.11. The number of nitrogens with zero attached hydrogens (tertiary/aromatic N) is 2. The van der Waals surface area contributed by atoms with Crippen molar-refractivity contribution in [2.24, 2.45) is 5.10 Å². The molecule has 1 aliphatic rings. The summed E-state index contributed by atoms with van der Waals surface area (Å²) in [4.78, 5) is 25.7. The molecule has 4 rings (SSSR count). The Bertz CT molecular complexity index is 1420. The number of para-hydroxylation sites is 2. The number of benzene rings is 3. The van der Waals surface area contributed by atoms with Gasteiger partial charge in [0.25, 0.3) is 11.8 Å². The summed E-state index contributed by atoms with van der Waals surface area (Å²) in [5.74, 6) is 0.807. The molecule has 8 nitrogen and oxygen atoms in total. The number of hydrogen-bond acceptors (Lipinski definition) is 6. The molecule has 9 heteroatoms. The van der Waals surface area contributed by atoms with Gasteiger partial charge < -0.3 is 19.5 Å². The summed E-state index contributed by atoms with van der Waals surface area (Å²) >= 11 is 3.53. The highest BCUT2D eigenvalue weighted by Crippen LogP contribution is 2.38. The lowest BCUT2D eigenvalue weighted by atomic mass is 10.1. The van der Waals surface area contributed by atoms with Crippen LogP contribution in [0.1, 0.15) is 25.0 Å². The maximum absolute atomic E-state index is 13.2. The fraction of sp³-hybridized carbons (Fsp3) is 0.207. The lowest BCUT2D eigenvalue weighted by molar-refractivity contribution is -0.118. The summed E-state index contributed by atoms with van der Waals surface area (Å²) in [6.07, 6.45) is 1.76. The Kier molecular flexibility index (Phi) is 8.48. The summed E-state index contributed by atoms with van der Waals surface area (Å²) in [6.45, 7) is 5.79. The van der Waals surface area contributed by atoms with Crippen LogP contribution in [0.3, 0.4) is 0 Å². The van der Waals surface area contributed by atoms with Crippen molar-refractivity contribution in [1.29, 1.82) is 0 Å². The number of methoxy groups -OCH3 is 1. The van der Waals surface area contributed by atoms with Gasteiger partial charge in [-0.05, 0) is 84.7 Å². The molecule has 1 heterocycles. The second-order valence-corrected chi connectivity index (χ2v) is 9.35. The number of hydrogen-bond donors (Lipinski definition) is 1. The van der Waals surface area contributed by atoms with Crippen molar-refractivity contribution in [2.75, 3.05) is 30.6 Å². The second kappa shape index (κ2) is 12.0. The van der Waals surface area contributed by atoms with E-state index in [2.05, 4.69) is 26.3 Å². The molecule has 3 aromatic carbocycles. The van der Waals surface area contributed by atoms with Crippen molar-refractivity contribution in [3.05, 3.63) is 81.8 Å². The quantitative estimate of drug-likeness (QED) is 0.315. The van der Waals surface area contributed by atoms with Gasteiger partial charge >= 0.3 is 0 Å². The van der Waals surface area contributed by atoms with Crippen molar-refractivity contribution >= 4 is 50.9 Å². The molecule has 0 unspecified atom stereocenters. The highest BCUT2D eigenvalue weighted by Gasteiger charge is 2.29. The molecule has 0 atom stereocenters. The van der Waals surface area contributed by atoms with Crippen LogP contribution in [-0.4, -0.2) is 37.8 Å². The van der Waals surface area contributed by atoms with E-state index in [0.717, 1.165) is 11.1 Å². The van der Waals surface area contributed by atoms with Crippen LogP contribution in [0.5, 0.6) is 17.2 Å². The highest BCUT2D eigenvalue weighted by molar-refractivity contribution is 9.10. The van der Waals surface area contributed by atoms with Gasteiger partial charge in [0.05, 0.1) is 40.8 Å². The van der Waals surface area contributed by atoms with Crippen molar-refractivity contribution < 1.29 is 23.8 Å². The molecule has 0 bridgehead atoms. The number of amides is 2. The van der Waals surface area contributed by atoms with Gasteiger partial charge in [-0.1, -0.05) is 29.8 Å². The number of hydrazone groups is 1. The average molecular weight is 578 g/mol. The van der Waals surface area contributed by atoms with Crippen molar-refractivity contribution in [3.8, 4) is 17.2 Å². The van der Waals surface area contributed by atoms with E-state index in [1.54, 1.807) is 43.3 Å². The van der Waals surface area contributed by atoms with E-state index in [9.17, 15) is 9.59 Å². The van der Waals surface area contributed by atoms with Gasteiger partial charge in [-0.15, -0.1) is 0 Å². The summed E-state index contributed by atoms with van der Waals surface area (Å²) in [7, 11) is 1.54. The molecule has 0 saturated carbocycles. The monoisotopic (exact) mass is 577 g/mol. The third-order valence-electron chi connectivity index (χ3n) is 5.71. The van der Waals surface area contributed by atoms with Crippen LogP contribution in [0.4, 0.5) is 11.4 Å². The Labute approximate surface area is 230 Å². The maximum atomic E-state index is 13.2. The largest absolute Gasteiger partial charge is 0.495 e. The third-order valence-corrected chi connectivity index (χ3v) is 6.30. The fourth-order valence-corrected chi connectivity index (χ4v) is 4.43. The molecule has 0 spiro atoms. The van der Waals surface area contributed by atoms with E-state index >= 15 is 0 Å². The lowest BCUT2D eigenvalue weighted by Gasteiger charge is -2.15. The van der Waals surface area contributed by atoms with Crippen LogP contribution < -0.4 is 24.5 Å². The molecule has 3 aromatic rings. The number of rotatable bonds is 9. The Balaban J connectivity index is 1.53. The first-order valence-corrected chi connectivity index (χ1v) is 12.8. The Morgan fingerprint density at radius 2 is 1.79 bits per heavy atom. The average Bonchev–Trinajstić information content (AvgIpc) is 3.17. The molecule has 0 aliphatic carbocycles. The smallest absolute Gasteiger partial charge is 0.280 e. The van der Waals surface area contributed by atoms with Crippen molar-refractivity contribution in [3.63, 3.8) is 0 Å². The topological polar surface area (TPSA) is 89.5 Å². The fourth-order valence-electron chi connectivity index (χ4n) is 3.86. The molecular weight excluding hydrogens is 550 g/mol. The molecule has 0 saturated heterocycles. The maximum Gasteiger partial charge on any atom is 0.280 e. The Morgan fingerprint density at radius 3 is 2.50 bits per heavy atom. The highest BCUT2D eigenvalue weighted by atomic mass is 79.9. The van der Waals surface area contributed by atoms with Crippen LogP contribution in [-0.2, 0) is 9.59 Å². The summed E-state index contributed by atoms with van der Waals surface area (Å²) in [6, 6.07) is 18.3. The van der Waals surface area contributed by atoms with Gasteiger partial charge in [-0.25, -0.2) is 0 Å². The molecule has 1 aliphatic heterocycles. The number of nitrogens with one attached hydrogen (secondary N) is 1. The van der Waals surface area contributed by atoms with Gasteiger partial charge in [0.2, 0.25) is 0 Å². The first kappa shape index (κ1) is 26.9. The molecule has 1 N–H and O–H groups in total. The zero-order valence-electron chi connectivity index (χ0n) is 21.6. The van der Waals surface area contributed by atoms with Crippen LogP contribution >= 0.6 is 15.9 Å². The second-order valence-electron chi connectivity index (χ2n) is 8.50. The zero-order chi connectivity index (χ0) is 27.2. The first-order valence-electron chi connectivity index (χ1n) is 12.0. The number of carbonyl (C=O) groups excluding carboxylic acids is 2. The van der Waals surface area contributed by atoms with E-state index in [-0.39, 0.29) is 18.4 Å². The summed E-state index contributed by atoms with van der Waals surface area (Å²) in [5, 5.41) is 8.63. The van der Waals surface area contributed by atoms with Crippen LogP contribution in [0.2, 0.25) is 0 Å². The number of carbonyl (C=O) groups is 2. The minimum Gasteiger partial charge on any atom is -0.495 e. The molecule has 0 radical (unpaired) electrons. The van der Waals surface area contributed by atoms with E-state index < -0.39 is 0 Å². The molecule has 38 heavy (non-hydrogen) atoms. The van der Waals surface area contributed by atoms with E-state index in [0.29, 0.717) is 51.0 Å². The van der Waals surface area contributed by atoms with Gasteiger partial charge in [0, 0.05) is 0 Å². The van der Waals surface area contributed by atoms with Crippen molar-refractivity contribution in [1.82, 2.24) is 0 Å². The van der Waals surface area contributed by atoms with Crippen LogP contribution in [0.15, 0.2) is 75.8 Å². The summed E-state index contributed by atoms with van der Waals surface area (Å²) in [5.41, 5.74) is 4.16. The molecule has 196 valence electrons. The van der Waals surface area contributed by atoms with E-state index in [1.165, 1.54) is 12.1 Å². The predicted octanol–water partition coefficient (Wildman–Crippen LogP) is 5.99. The van der Waals surface area contributed by atoms with Gasteiger partial charge in [0.15, 0.2) is 18.1 Å². The van der Waals surface area contributed by atoms with Crippen LogP contribution in [0.25, 0.3) is 6.08 Å². The molecule has 0 aromatic heterocycles. The van der Waals surface area contributed by atoms with E-state index in [1.807, 2.05) is 44.2 Å². The van der Waals surface area contributed by atoms with Gasteiger partial charge in [0.1, 0.15) is 5.75 Å². The molecule has 2 amide bonds. The number of anilines is 2. The number of ether oxygens (including phenoxy) is 3. The minimum absolute atomic E-state index is 0.214. The minimum atomic E-state index is -0.352. The predicted molar refractivity (Wildman–Crippen MR) is 152 cm³/mol. The standard InChI is InChI=1S/C29H28BrN3O5/c1-5-37-26-16-20(14-22-19(3)32-33(29(22)35)21-12-10-18(2)11-13-21)15-23(30)28(26)38-17-27(34)31-24-8-6-7-9-25(24)36-4/h6-16H,5,17H2,1-4H3,(H,31,34)/b22-14-. The SMILES string of the molecule is CCOc1cc(/C=C2\C(=O)N(c3ccc(C)cc3)N=C2C)cc(Br)c1OCC(=O)Nc1ccccc1OC. The van der Waals surface area contributed by atoms with Crippen molar-refractivity contribution in [2.45, 2.75) is 20.8 Å². The third kappa shape index (κ3) is 6.06. The molecular formula is C29H28BrN3O5. The van der Waals surface area contributed by atoms with Gasteiger partial charge in [-0.2, -0.15) is 10.1 Å². The lowest BCUT2D eigenvalue weighted by Crippen LogP contribution is -2.21. The Morgan fingerprint density at radius 1 is 1.05 bits per heavy atom. The number of aryl methyl sites for hydroxylation is 1. The van der Waals surface area contributed by atoms with E-state index in [4.69, 9.17) is 14.2 Å². The molecule has 0 fully saturated rings. The van der Waals surface area contributed by atoms with Gasteiger partial charge in [-0.3, -0.25) is 9.59 Å². The number of halogens is 1.